The van der Waals surface area contributed by atoms with Gasteiger partial charge in [0.1, 0.15) is 0 Å². The molecule has 0 bridgehead atoms. The predicted octanol–water partition coefficient (Wildman–Crippen LogP) is 3.40. The summed E-state index contributed by atoms with van der Waals surface area (Å²) in [5, 5.41) is 3.66. The Bertz CT molecular complexity index is 585. The fourth-order valence-electron chi connectivity index (χ4n) is 3.58. The van der Waals surface area contributed by atoms with E-state index in [0.717, 1.165) is 56.0 Å². The molecule has 0 aromatic heterocycles. The Kier molecular flexibility index (Phi) is 7.34. The van der Waals surface area contributed by atoms with E-state index < -0.39 is 0 Å². The summed E-state index contributed by atoms with van der Waals surface area (Å²) in [4.78, 5) is 6.88. The van der Waals surface area contributed by atoms with Crippen molar-refractivity contribution < 1.29 is 9.47 Å². The van der Waals surface area contributed by atoms with Gasteiger partial charge in [0, 0.05) is 56.9 Å². The largest absolute Gasteiger partial charge is 0.385 e. The molecule has 0 radical (unpaired) electrons. The van der Waals surface area contributed by atoms with Crippen LogP contribution in [0.25, 0.3) is 0 Å². The summed E-state index contributed by atoms with van der Waals surface area (Å²) in [7, 11) is 3.62. The highest BCUT2D eigenvalue weighted by atomic mass is 79.9. The van der Waals surface area contributed by atoms with E-state index in [9.17, 15) is 0 Å². The zero-order valence-electron chi connectivity index (χ0n) is 15.8. The van der Waals surface area contributed by atoms with E-state index in [4.69, 9.17) is 9.47 Å². The summed E-state index contributed by atoms with van der Waals surface area (Å²) >= 11 is 3.50. The molecule has 26 heavy (non-hydrogen) atoms. The maximum Gasteiger partial charge on any atom is 0.193 e. The van der Waals surface area contributed by atoms with E-state index >= 15 is 0 Å². The number of ether oxygens (including phenoxy) is 2. The Labute approximate surface area is 165 Å². The second kappa shape index (κ2) is 9.72. The van der Waals surface area contributed by atoms with Crippen molar-refractivity contribution in [2.24, 2.45) is 4.99 Å². The lowest BCUT2D eigenvalue weighted by Gasteiger charge is -2.34. The molecule has 144 valence electrons. The normalized spacial score (nSPS) is 24.0. The molecule has 1 heterocycles. The Hall–Kier alpha value is -1.11. The third kappa shape index (κ3) is 5.44. The SMILES string of the molecule is CN=C(NC1CC1c1ccc(Br)cc1)N1CCC(OCCCOC)CC1. The van der Waals surface area contributed by atoms with Crippen LogP contribution in [0.1, 0.15) is 37.2 Å². The van der Waals surface area contributed by atoms with Gasteiger partial charge >= 0.3 is 0 Å². The molecular formula is C20H30BrN3O2. The predicted molar refractivity (Wildman–Crippen MR) is 109 cm³/mol. The molecule has 1 saturated carbocycles. The average Bonchev–Trinajstić information content (AvgIpc) is 3.44. The van der Waals surface area contributed by atoms with E-state index in [-0.39, 0.29) is 0 Å². The van der Waals surface area contributed by atoms with Crippen LogP contribution in [0.5, 0.6) is 0 Å². The molecule has 0 amide bonds. The monoisotopic (exact) mass is 423 g/mol. The number of nitrogens with zero attached hydrogens (tertiary/aromatic N) is 2. The molecule has 2 atom stereocenters. The van der Waals surface area contributed by atoms with E-state index in [1.807, 2.05) is 7.05 Å². The number of halogens is 1. The molecular weight excluding hydrogens is 394 g/mol. The van der Waals surface area contributed by atoms with Crippen molar-refractivity contribution in [1.29, 1.82) is 0 Å². The fraction of sp³-hybridized carbons (Fsp3) is 0.650. The summed E-state index contributed by atoms with van der Waals surface area (Å²) in [5.74, 6) is 1.63. The first-order valence-electron chi connectivity index (χ1n) is 9.55. The molecule has 3 rings (SSSR count). The molecule has 2 fully saturated rings. The smallest absolute Gasteiger partial charge is 0.193 e. The number of piperidine rings is 1. The van der Waals surface area contributed by atoms with Crippen molar-refractivity contribution in [3.63, 3.8) is 0 Å². The number of nitrogens with one attached hydrogen (secondary N) is 1. The minimum Gasteiger partial charge on any atom is -0.385 e. The Balaban J connectivity index is 1.41. The van der Waals surface area contributed by atoms with Crippen molar-refractivity contribution in [3.8, 4) is 0 Å². The number of aliphatic imine (C=N–C) groups is 1. The van der Waals surface area contributed by atoms with Gasteiger partial charge in [-0.3, -0.25) is 4.99 Å². The maximum atomic E-state index is 5.95. The number of methoxy groups -OCH3 is 1. The first-order valence-corrected chi connectivity index (χ1v) is 10.3. The topological polar surface area (TPSA) is 46.1 Å². The van der Waals surface area contributed by atoms with Gasteiger partial charge in [0.25, 0.3) is 0 Å². The summed E-state index contributed by atoms with van der Waals surface area (Å²) in [6.45, 7) is 3.58. The molecule has 1 aromatic rings. The highest BCUT2D eigenvalue weighted by Crippen LogP contribution is 2.41. The standard InChI is InChI=1S/C20H30BrN3O2/c1-22-20(23-19-14-18(19)15-4-6-16(21)7-5-15)24-10-8-17(9-11-24)26-13-3-12-25-2/h4-7,17-19H,3,8-14H2,1-2H3,(H,22,23). The van der Waals surface area contributed by atoms with Gasteiger partial charge in [-0.05, 0) is 43.4 Å². The van der Waals surface area contributed by atoms with Crippen LogP contribution in [0.3, 0.4) is 0 Å². The molecule has 1 N–H and O–H groups in total. The Morgan fingerprint density at radius 1 is 1.23 bits per heavy atom. The van der Waals surface area contributed by atoms with Crippen LogP contribution in [0.2, 0.25) is 0 Å². The van der Waals surface area contributed by atoms with Crippen molar-refractivity contribution in [2.75, 3.05) is 40.5 Å². The molecule has 5 nitrogen and oxygen atoms in total. The van der Waals surface area contributed by atoms with E-state index in [1.165, 1.54) is 12.0 Å². The molecule has 1 saturated heterocycles. The van der Waals surface area contributed by atoms with Gasteiger partial charge in [-0.25, -0.2) is 0 Å². The van der Waals surface area contributed by atoms with Crippen molar-refractivity contribution in [3.05, 3.63) is 34.3 Å². The number of benzene rings is 1. The third-order valence-electron chi connectivity index (χ3n) is 5.20. The van der Waals surface area contributed by atoms with Gasteiger partial charge in [-0.15, -0.1) is 0 Å². The number of guanidine groups is 1. The quantitative estimate of drug-likeness (QED) is 0.414. The van der Waals surface area contributed by atoms with Crippen molar-refractivity contribution in [1.82, 2.24) is 10.2 Å². The molecule has 2 unspecified atom stereocenters. The lowest BCUT2D eigenvalue weighted by Crippen LogP contribution is -2.47. The number of rotatable bonds is 7. The lowest BCUT2D eigenvalue weighted by molar-refractivity contribution is 0.00989. The highest BCUT2D eigenvalue weighted by molar-refractivity contribution is 9.10. The minimum atomic E-state index is 0.373. The van der Waals surface area contributed by atoms with Crippen LogP contribution in [0.4, 0.5) is 0 Å². The second-order valence-corrected chi connectivity index (χ2v) is 8.01. The number of hydrogen-bond acceptors (Lipinski definition) is 3. The van der Waals surface area contributed by atoms with Crippen LogP contribution in [0.15, 0.2) is 33.7 Å². The van der Waals surface area contributed by atoms with Gasteiger partial charge in [-0.2, -0.15) is 0 Å². The molecule has 1 aliphatic heterocycles. The number of hydrogen-bond donors (Lipinski definition) is 1. The summed E-state index contributed by atoms with van der Waals surface area (Å²) < 4.78 is 12.2. The molecule has 2 aliphatic rings. The average molecular weight is 424 g/mol. The summed E-state index contributed by atoms with van der Waals surface area (Å²) in [6.07, 6.45) is 4.65. The minimum absolute atomic E-state index is 0.373. The summed E-state index contributed by atoms with van der Waals surface area (Å²) in [5.41, 5.74) is 1.41. The zero-order valence-corrected chi connectivity index (χ0v) is 17.4. The highest BCUT2D eigenvalue weighted by Gasteiger charge is 2.39. The van der Waals surface area contributed by atoms with Crippen molar-refractivity contribution >= 4 is 21.9 Å². The fourth-order valence-corrected chi connectivity index (χ4v) is 3.85. The second-order valence-electron chi connectivity index (χ2n) is 7.10. The van der Waals surface area contributed by atoms with E-state index in [2.05, 4.69) is 55.4 Å². The van der Waals surface area contributed by atoms with Gasteiger partial charge in [0.05, 0.1) is 6.10 Å². The first kappa shape index (κ1) is 19.6. The van der Waals surface area contributed by atoms with Crippen LogP contribution < -0.4 is 5.32 Å². The molecule has 1 aromatic carbocycles. The van der Waals surface area contributed by atoms with Crippen LogP contribution in [-0.2, 0) is 9.47 Å². The van der Waals surface area contributed by atoms with E-state index in [0.29, 0.717) is 18.1 Å². The molecule has 0 spiro atoms. The Morgan fingerprint density at radius 2 is 1.96 bits per heavy atom. The van der Waals surface area contributed by atoms with Crippen molar-refractivity contribution in [2.45, 2.75) is 43.7 Å². The van der Waals surface area contributed by atoms with Gasteiger partial charge in [0.2, 0.25) is 0 Å². The van der Waals surface area contributed by atoms with Gasteiger partial charge in [0.15, 0.2) is 5.96 Å². The third-order valence-corrected chi connectivity index (χ3v) is 5.73. The summed E-state index contributed by atoms with van der Waals surface area (Å²) in [6, 6.07) is 9.17. The van der Waals surface area contributed by atoms with Gasteiger partial charge in [-0.1, -0.05) is 28.1 Å². The van der Waals surface area contributed by atoms with E-state index in [1.54, 1.807) is 7.11 Å². The maximum absolute atomic E-state index is 5.95. The van der Waals surface area contributed by atoms with Crippen LogP contribution in [0, 0.1) is 0 Å². The lowest BCUT2D eigenvalue weighted by atomic mass is 10.1. The molecule has 1 aliphatic carbocycles. The number of likely N-dealkylation sites (tertiary alicyclic amines) is 1. The van der Waals surface area contributed by atoms with Crippen LogP contribution >= 0.6 is 15.9 Å². The molecule has 6 heteroatoms. The first-order chi connectivity index (χ1) is 12.7. The van der Waals surface area contributed by atoms with Crippen LogP contribution in [-0.4, -0.2) is 63.5 Å². The Morgan fingerprint density at radius 3 is 2.62 bits per heavy atom. The van der Waals surface area contributed by atoms with Gasteiger partial charge < -0.3 is 19.7 Å². The zero-order chi connectivity index (χ0) is 18.4.